The zero-order valence-electron chi connectivity index (χ0n) is 15.8. The van der Waals surface area contributed by atoms with Gasteiger partial charge in [-0.25, -0.2) is 4.98 Å². The van der Waals surface area contributed by atoms with Crippen LogP contribution in [0.15, 0.2) is 42.5 Å². The molecule has 2 aromatic carbocycles. The number of carboxylic acids is 1. The zero-order chi connectivity index (χ0) is 21.7. The molecule has 0 fully saturated rings. The zero-order valence-corrected chi connectivity index (χ0v) is 18.2. The second kappa shape index (κ2) is 9.77. The van der Waals surface area contributed by atoms with Gasteiger partial charge >= 0.3 is 5.97 Å². The van der Waals surface area contributed by atoms with Gasteiger partial charge < -0.3 is 10.4 Å². The predicted molar refractivity (Wildman–Crippen MR) is 118 cm³/mol. The first-order chi connectivity index (χ1) is 14.3. The topological polar surface area (TPSA) is 79.3 Å². The van der Waals surface area contributed by atoms with Crippen LogP contribution in [0.4, 0.5) is 0 Å². The summed E-state index contributed by atoms with van der Waals surface area (Å²) in [7, 11) is 0. The van der Waals surface area contributed by atoms with E-state index in [1.807, 2.05) is 0 Å². The van der Waals surface area contributed by atoms with Crippen molar-refractivity contribution in [2.75, 3.05) is 0 Å². The van der Waals surface area contributed by atoms with Gasteiger partial charge in [-0.15, -0.1) is 11.3 Å². The van der Waals surface area contributed by atoms with Crippen LogP contribution in [0.3, 0.4) is 0 Å². The van der Waals surface area contributed by atoms with E-state index in [9.17, 15) is 9.59 Å². The average Bonchev–Trinajstić information content (AvgIpc) is 3.07. The molecule has 3 aromatic rings. The van der Waals surface area contributed by atoms with Gasteiger partial charge in [-0.2, -0.15) is 0 Å². The van der Waals surface area contributed by atoms with E-state index in [2.05, 4.69) is 22.1 Å². The van der Waals surface area contributed by atoms with Gasteiger partial charge in [0, 0.05) is 22.2 Å². The molecule has 152 valence electrons. The Bertz CT molecular complexity index is 1160. The van der Waals surface area contributed by atoms with Crippen molar-refractivity contribution in [3.05, 3.63) is 84.8 Å². The molecule has 3 rings (SSSR count). The highest BCUT2D eigenvalue weighted by molar-refractivity contribution is 7.14. The van der Waals surface area contributed by atoms with Crippen LogP contribution in [0.25, 0.3) is 0 Å². The summed E-state index contributed by atoms with van der Waals surface area (Å²) < 4.78 is 0. The summed E-state index contributed by atoms with van der Waals surface area (Å²) in [5.74, 6) is 4.81. The minimum absolute atomic E-state index is 0.0287. The van der Waals surface area contributed by atoms with Gasteiger partial charge in [0.15, 0.2) is 5.01 Å². The first kappa shape index (κ1) is 21.8. The Morgan fingerprint density at radius 2 is 1.87 bits per heavy atom. The van der Waals surface area contributed by atoms with Crippen molar-refractivity contribution in [1.82, 2.24) is 10.3 Å². The van der Waals surface area contributed by atoms with Crippen LogP contribution >= 0.6 is 34.5 Å². The molecule has 0 aliphatic rings. The fourth-order valence-electron chi connectivity index (χ4n) is 2.59. The van der Waals surface area contributed by atoms with Crippen LogP contribution in [0, 0.1) is 18.8 Å². The van der Waals surface area contributed by atoms with Crippen molar-refractivity contribution in [2.45, 2.75) is 19.9 Å². The van der Waals surface area contributed by atoms with Crippen molar-refractivity contribution >= 4 is 46.4 Å². The van der Waals surface area contributed by atoms with Gasteiger partial charge in [-0.1, -0.05) is 47.3 Å². The van der Waals surface area contributed by atoms with Gasteiger partial charge in [-0.3, -0.25) is 9.59 Å². The Kier molecular flexibility index (Phi) is 7.11. The minimum atomic E-state index is -0.878. The number of thiazole rings is 1. The number of halogens is 2. The normalized spacial score (nSPS) is 10.2. The highest BCUT2D eigenvalue weighted by Gasteiger charge is 2.15. The van der Waals surface area contributed by atoms with E-state index in [-0.39, 0.29) is 18.9 Å². The molecule has 0 saturated carbocycles. The van der Waals surface area contributed by atoms with Gasteiger partial charge in [-0.05, 0) is 48.2 Å². The standard InChI is InChI=1S/C22H16Cl2N2O3S/c1-13-21(22(29)25-12-16-7-8-17(23)11-18(16)24)30-19(26-13)9-6-14-2-4-15(5-3-14)10-20(27)28/h2-5,7-8,11H,10,12H2,1H3,(H,25,29)(H,27,28). The van der Waals surface area contributed by atoms with Crippen LogP contribution in [-0.4, -0.2) is 22.0 Å². The largest absolute Gasteiger partial charge is 0.481 e. The third-order valence-electron chi connectivity index (χ3n) is 4.08. The summed E-state index contributed by atoms with van der Waals surface area (Å²) in [5.41, 5.74) is 2.81. The van der Waals surface area contributed by atoms with Crippen LogP contribution in [0.1, 0.15) is 37.1 Å². The molecule has 0 saturated heterocycles. The molecule has 1 aromatic heterocycles. The molecule has 1 heterocycles. The second-order valence-corrected chi connectivity index (χ2v) is 8.21. The highest BCUT2D eigenvalue weighted by Crippen LogP contribution is 2.22. The van der Waals surface area contributed by atoms with E-state index in [1.165, 1.54) is 11.3 Å². The fourth-order valence-corrected chi connectivity index (χ4v) is 3.90. The van der Waals surface area contributed by atoms with Gasteiger partial charge in [0.2, 0.25) is 0 Å². The van der Waals surface area contributed by atoms with Crippen LogP contribution in [0.2, 0.25) is 10.0 Å². The van der Waals surface area contributed by atoms with Crippen LogP contribution < -0.4 is 5.32 Å². The quantitative estimate of drug-likeness (QED) is 0.542. The lowest BCUT2D eigenvalue weighted by Gasteiger charge is -2.06. The van der Waals surface area contributed by atoms with E-state index in [1.54, 1.807) is 49.4 Å². The van der Waals surface area contributed by atoms with Crippen LogP contribution in [-0.2, 0) is 17.8 Å². The molecule has 8 heteroatoms. The molecule has 0 spiro atoms. The number of carboxylic acid groups (broad SMARTS) is 1. The maximum absolute atomic E-state index is 12.5. The number of benzene rings is 2. The first-order valence-electron chi connectivity index (χ1n) is 8.84. The number of amides is 1. The lowest BCUT2D eigenvalue weighted by molar-refractivity contribution is -0.136. The lowest BCUT2D eigenvalue weighted by Crippen LogP contribution is -2.22. The molecule has 0 aliphatic heterocycles. The predicted octanol–water partition coefficient (Wildman–Crippen LogP) is 4.72. The summed E-state index contributed by atoms with van der Waals surface area (Å²) in [4.78, 5) is 28.1. The number of hydrogen-bond donors (Lipinski definition) is 2. The third kappa shape index (κ3) is 5.83. The SMILES string of the molecule is Cc1nc(C#Cc2ccc(CC(=O)O)cc2)sc1C(=O)NCc1ccc(Cl)cc1Cl. The number of nitrogens with zero attached hydrogens (tertiary/aromatic N) is 1. The molecule has 30 heavy (non-hydrogen) atoms. The average molecular weight is 459 g/mol. The number of aryl methyl sites for hydroxylation is 1. The minimum Gasteiger partial charge on any atom is -0.481 e. The summed E-state index contributed by atoms with van der Waals surface area (Å²) >= 11 is 13.2. The second-order valence-electron chi connectivity index (χ2n) is 6.37. The first-order valence-corrected chi connectivity index (χ1v) is 10.4. The van der Waals surface area contributed by atoms with Crippen molar-refractivity contribution in [3.63, 3.8) is 0 Å². The molecule has 1 amide bonds. The molecular weight excluding hydrogens is 443 g/mol. The maximum Gasteiger partial charge on any atom is 0.307 e. The highest BCUT2D eigenvalue weighted by atomic mass is 35.5. The molecule has 0 unspecified atom stereocenters. The monoisotopic (exact) mass is 458 g/mol. The number of carbonyl (C=O) groups excluding carboxylic acids is 1. The van der Waals surface area contributed by atoms with Gasteiger partial charge in [0.05, 0.1) is 12.1 Å². The Labute approximate surface area is 187 Å². The third-order valence-corrected chi connectivity index (χ3v) is 5.74. The summed E-state index contributed by atoms with van der Waals surface area (Å²) in [5, 5.41) is 13.2. The van der Waals surface area contributed by atoms with E-state index in [0.29, 0.717) is 31.2 Å². The molecule has 0 radical (unpaired) electrons. The van der Waals surface area contributed by atoms with E-state index >= 15 is 0 Å². The summed E-state index contributed by atoms with van der Waals surface area (Å²) in [6, 6.07) is 12.1. The van der Waals surface area contributed by atoms with Crippen molar-refractivity contribution in [1.29, 1.82) is 0 Å². The Morgan fingerprint density at radius 3 is 2.53 bits per heavy atom. The molecule has 5 nitrogen and oxygen atoms in total. The maximum atomic E-state index is 12.5. The summed E-state index contributed by atoms with van der Waals surface area (Å²) in [6.07, 6.45) is -0.0287. The molecule has 0 bridgehead atoms. The van der Waals surface area contributed by atoms with Gasteiger partial charge in [0.25, 0.3) is 5.91 Å². The molecule has 0 aliphatic carbocycles. The number of hydrogen-bond acceptors (Lipinski definition) is 4. The van der Waals surface area contributed by atoms with Crippen molar-refractivity contribution in [2.24, 2.45) is 0 Å². The number of nitrogens with one attached hydrogen (secondary N) is 1. The smallest absolute Gasteiger partial charge is 0.307 e. The number of aliphatic carboxylic acids is 1. The summed E-state index contributed by atoms with van der Waals surface area (Å²) in [6.45, 7) is 2.03. The Balaban J connectivity index is 1.67. The number of rotatable bonds is 5. The number of carbonyl (C=O) groups is 2. The lowest BCUT2D eigenvalue weighted by atomic mass is 10.1. The van der Waals surface area contributed by atoms with Crippen molar-refractivity contribution in [3.8, 4) is 11.8 Å². The molecule has 2 N–H and O–H groups in total. The Hall–Kier alpha value is -2.85. The Morgan fingerprint density at radius 1 is 1.13 bits per heavy atom. The van der Waals surface area contributed by atoms with Crippen molar-refractivity contribution < 1.29 is 14.7 Å². The van der Waals surface area contributed by atoms with E-state index in [4.69, 9.17) is 28.3 Å². The fraction of sp³-hybridized carbons (Fsp3) is 0.136. The van der Waals surface area contributed by atoms with Crippen LogP contribution in [0.5, 0.6) is 0 Å². The molecule has 0 atom stereocenters. The van der Waals surface area contributed by atoms with E-state index in [0.717, 1.165) is 11.1 Å². The van der Waals surface area contributed by atoms with E-state index < -0.39 is 5.97 Å². The van der Waals surface area contributed by atoms with Gasteiger partial charge in [0.1, 0.15) is 4.88 Å². The number of aromatic nitrogens is 1. The molecular formula is C22H16Cl2N2O3S.